The average Bonchev–Trinajstić information content (AvgIpc) is 3.32. The maximum absolute atomic E-state index is 12.2. The van der Waals surface area contributed by atoms with E-state index in [0.29, 0.717) is 18.1 Å². The summed E-state index contributed by atoms with van der Waals surface area (Å²) in [6.07, 6.45) is 4.45. The van der Waals surface area contributed by atoms with E-state index < -0.39 is 0 Å². The van der Waals surface area contributed by atoms with Gasteiger partial charge in [-0.05, 0) is 44.7 Å². The summed E-state index contributed by atoms with van der Waals surface area (Å²) < 4.78 is 17.8. The molecule has 1 aromatic carbocycles. The number of ether oxygens (including phenoxy) is 2. The van der Waals surface area contributed by atoms with Gasteiger partial charge in [-0.25, -0.2) is 4.98 Å². The Labute approximate surface area is 167 Å². The third-order valence-electron chi connectivity index (χ3n) is 4.66. The fourth-order valence-corrected chi connectivity index (χ4v) is 4.03. The second kappa shape index (κ2) is 8.70. The molecule has 28 heavy (non-hydrogen) atoms. The van der Waals surface area contributed by atoms with Gasteiger partial charge in [-0.2, -0.15) is 0 Å². The molecule has 0 saturated carbocycles. The van der Waals surface area contributed by atoms with Gasteiger partial charge in [0, 0.05) is 25.3 Å². The molecule has 8 heteroatoms. The molecule has 3 aromatic rings. The number of carbonyl (C=O) groups excluding carboxylic acids is 1. The first-order valence-corrected chi connectivity index (χ1v) is 10.3. The standard InChI is InChI=1S/C20H23N3O4S/c1-13-22-17-10-15(5-6-19(17)28-13)26-12-16-11-18(23-27-16)20(24)21-8-7-14-4-2-3-9-25-14/h5-6,10-11,14H,2-4,7-9,12H2,1H3,(H,21,24). The number of rotatable bonds is 7. The summed E-state index contributed by atoms with van der Waals surface area (Å²) in [5.74, 6) is 0.952. The van der Waals surface area contributed by atoms with Crippen LogP contribution in [0.3, 0.4) is 0 Å². The van der Waals surface area contributed by atoms with Gasteiger partial charge in [0.1, 0.15) is 12.4 Å². The zero-order valence-corrected chi connectivity index (χ0v) is 16.6. The van der Waals surface area contributed by atoms with E-state index in [9.17, 15) is 4.79 Å². The summed E-state index contributed by atoms with van der Waals surface area (Å²) in [4.78, 5) is 16.7. The SMILES string of the molecule is Cc1nc2cc(OCc3cc(C(=O)NCCC4CCCCO4)no3)ccc2s1. The predicted octanol–water partition coefficient (Wildman–Crippen LogP) is 3.86. The normalized spacial score (nSPS) is 17.0. The van der Waals surface area contributed by atoms with Crippen LogP contribution in [0.5, 0.6) is 5.75 Å². The highest BCUT2D eigenvalue weighted by atomic mass is 32.1. The zero-order chi connectivity index (χ0) is 19.3. The minimum atomic E-state index is -0.245. The smallest absolute Gasteiger partial charge is 0.273 e. The van der Waals surface area contributed by atoms with Crippen molar-refractivity contribution in [3.8, 4) is 5.75 Å². The van der Waals surface area contributed by atoms with Gasteiger partial charge >= 0.3 is 0 Å². The molecule has 1 unspecified atom stereocenters. The van der Waals surface area contributed by atoms with Gasteiger partial charge in [0.25, 0.3) is 5.91 Å². The third-order valence-corrected chi connectivity index (χ3v) is 5.62. The van der Waals surface area contributed by atoms with Gasteiger partial charge < -0.3 is 19.3 Å². The number of hydrogen-bond donors (Lipinski definition) is 1. The number of carbonyl (C=O) groups is 1. The molecular formula is C20H23N3O4S. The second-order valence-electron chi connectivity index (χ2n) is 6.86. The van der Waals surface area contributed by atoms with Crippen molar-refractivity contribution in [2.45, 2.75) is 45.3 Å². The number of hydrogen-bond acceptors (Lipinski definition) is 7. The van der Waals surface area contributed by atoms with Crippen molar-refractivity contribution in [1.29, 1.82) is 0 Å². The van der Waals surface area contributed by atoms with E-state index >= 15 is 0 Å². The Morgan fingerprint density at radius 2 is 2.29 bits per heavy atom. The van der Waals surface area contributed by atoms with E-state index in [4.69, 9.17) is 14.0 Å². The minimum Gasteiger partial charge on any atom is -0.485 e. The first-order valence-electron chi connectivity index (χ1n) is 9.53. The fraction of sp³-hybridized carbons (Fsp3) is 0.450. The Balaban J connectivity index is 1.26. The topological polar surface area (TPSA) is 86.5 Å². The molecule has 3 heterocycles. The van der Waals surface area contributed by atoms with Crippen LogP contribution in [0.25, 0.3) is 10.2 Å². The number of benzene rings is 1. The zero-order valence-electron chi connectivity index (χ0n) is 15.8. The van der Waals surface area contributed by atoms with E-state index in [-0.39, 0.29) is 24.3 Å². The van der Waals surface area contributed by atoms with Crippen molar-refractivity contribution in [1.82, 2.24) is 15.5 Å². The van der Waals surface area contributed by atoms with Gasteiger partial charge in [0.2, 0.25) is 0 Å². The minimum absolute atomic E-state index is 0.199. The highest BCUT2D eigenvalue weighted by Crippen LogP contribution is 2.26. The van der Waals surface area contributed by atoms with Crippen molar-refractivity contribution in [2.24, 2.45) is 0 Å². The molecule has 0 spiro atoms. The van der Waals surface area contributed by atoms with Gasteiger partial charge in [-0.3, -0.25) is 4.79 Å². The van der Waals surface area contributed by atoms with Gasteiger partial charge in [-0.15, -0.1) is 11.3 Å². The molecule has 2 aromatic heterocycles. The molecule has 1 atom stereocenters. The summed E-state index contributed by atoms with van der Waals surface area (Å²) >= 11 is 1.65. The van der Waals surface area contributed by atoms with E-state index in [1.165, 1.54) is 6.42 Å². The van der Waals surface area contributed by atoms with Crippen LogP contribution in [0, 0.1) is 6.92 Å². The summed E-state index contributed by atoms with van der Waals surface area (Å²) in [5, 5.41) is 7.73. The lowest BCUT2D eigenvalue weighted by atomic mass is 10.1. The lowest BCUT2D eigenvalue weighted by Crippen LogP contribution is -2.29. The van der Waals surface area contributed by atoms with Crippen LogP contribution in [-0.2, 0) is 11.3 Å². The summed E-state index contributed by atoms with van der Waals surface area (Å²) in [5.41, 5.74) is 1.17. The Kier molecular flexibility index (Phi) is 5.87. The van der Waals surface area contributed by atoms with Crippen LogP contribution in [0.2, 0.25) is 0 Å². The Morgan fingerprint density at radius 1 is 1.36 bits per heavy atom. The van der Waals surface area contributed by atoms with Crippen LogP contribution in [0.15, 0.2) is 28.8 Å². The van der Waals surface area contributed by atoms with Gasteiger partial charge in [0.15, 0.2) is 11.5 Å². The largest absolute Gasteiger partial charge is 0.485 e. The lowest BCUT2D eigenvalue weighted by molar-refractivity contribution is 0.0117. The summed E-state index contributed by atoms with van der Waals surface area (Å²) in [6.45, 7) is 3.56. The van der Waals surface area contributed by atoms with E-state index in [0.717, 1.165) is 41.1 Å². The van der Waals surface area contributed by atoms with Gasteiger partial charge in [0.05, 0.1) is 21.3 Å². The second-order valence-corrected chi connectivity index (χ2v) is 8.10. The predicted molar refractivity (Wildman–Crippen MR) is 106 cm³/mol. The third kappa shape index (κ3) is 4.69. The Hall–Kier alpha value is -2.45. The molecule has 0 bridgehead atoms. The van der Waals surface area contributed by atoms with Crippen LogP contribution >= 0.6 is 11.3 Å². The number of aromatic nitrogens is 2. The number of aryl methyl sites for hydroxylation is 1. The number of amides is 1. The number of fused-ring (bicyclic) bond motifs is 1. The van der Waals surface area contributed by atoms with Crippen LogP contribution in [-0.4, -0.2) is 35.3 Å². The van der Waals surface area contributed by atoms with Crippen molar-refractivity contribution in [3.63, 3.8) is 0 Å². The highest BCUT2D eigenvalue weighted by molar-refractivity contribution is 7.18. The molecule has 0 radical (unpaired) electrons. The maximum atomic E-state index is 12.2. The lowest BCUT2D eigenvalue weighted by Gasteiger charge is -2.22. The van der Waals surface area contributed by atoms with Crippen molar-refractivity contribution in [2.75, 3.05) is 13.2 Å². The van der Waals surface area contributed by atoms with Gasteiger partial charge in [-0.1, -0.05) is 5.16 Å². The molecule has 4 rings (SSSR count). The van der Waals surface area contributed by atoms with Crippen molar-refractivity contribution in [3.05, 3.63) is 40.7 Å². The van der Waals surface area contributed by atoms with E-state index in [1.54, 1.807) is 17.4 Å². The van der Waals surface area contributed by atoms with Crippen LogP contribution in [0.4, 0.5) is 0 Å². The quantitative estimate of drug-likeness (QED) is 0.647. The first-order chi connectivity index (χ1) is 13.7. The van der Waals surface area contributed by atoms with E-state index in [1.807, 2.05) is 25.1 Å². The molecule has 1 fully saturated rings. The number of nitrogens with one attached hydrogen (secondary N) is 1. The number of nitrogens with zero attached hydrogens (tertiary/aromatic N) is 2. The van der Waals surface area contributed by atoms with Crippen LogP contribution < -0.4 is 10.1 Å². The monoisotopic (exact) mass is 401 g/mol. The first kappa shape index (κ1) is 18.9. The van der Waals surface area contributed by atoms with E-state index in [2.05, 4.69) is 15.5 Å². The average molecular weight is 401 g/mol. The van der Waals surface area contributed by atoms with Crippen LogP contribution in [0.1, 0.15) is 46.9 Å². The Morgan fingerprint density at radius 3 is 3.14 bits per heavy atom. The molecule has 0 aliphatic carbocycles. The molecule has 1 aliphatic rings. The molecule has 1 saturated heterocycles. The summed E-state index contributed by atoms with van der Waals surface area (Å²) in [6, 6.07) is 7.40. The molecule has 148 valence electrons. The highest BCUT2D eigenvalue weighted by Gasteiger charge is 2.16. The molecule has 1 N–H and O–H groups in total. The van der Waals surface area contributed by atoms with Crippen molar-refractivity contribution < 1.29 is 18.8 Å². The Bertz CT molecular complexity index is 946. The molecule has 7 nitrogen and oxygen atoms in total. The number of thiazole rings is 1. The molecule has 1 aliphatic heterocycles. The fourth-order valence-electron chi connectivity index (χ4n) is 3.23. The molecular weight excluding hydrogens is 378 g/mol. The summed E-state index contributed by atoms with van der Waals surface area (Å²) in [7, 11) is 0. The van der Waals surface area contributed by atoms with Crippen molar-refractivity contribution >= 4 is 27.5 Å². The molecule has 1 amide bonds. The maximum Gasteiger partial charge on any atom is 0.273 e.